The summed E-state index contributed by atoms with van der Waals surface area (Å²) in [5.74, 6) is 5.34. The lowest BCUT2D eigenvalue weighted by Crippen LogP contribution is -2.51. The predicted molar refractivity (Wildman–Crippen MR) is 184 cm³/mol. The van der Waals surface area contributed by atoms with Crippen molar-refractivity contribution in [2.75, 3.05) is 0 Å². The highest BCUT2D eigenvalue weighted by molar-refractivity contribution is 5.69. The second-order valence-corrected chi connectivity index (χ2v) is 16.9. The number of hydrogen-bond acceptors (Lipinski definition) is 2. The molecule has 0 unspecified atom stereocenters. The van der Waals surface area contributed by atoms with Crippen LogP contribution in [0.1, 0.15) is 189 Å². The molecule has 0 aliphatic heterocycles. The summed E-state index contributed by atoms with van der Waals surface area (Å²) in [5, 5.41) is 0. The van der Waals surface area contributed by atoms with Gasteiger partial charge in [-0.25, -0.2) is 0 Å². The number of carbonyl (C=O) groups excluding carboxylic acids is 1. The average molecular weight is 597 g/mol. The minimum atomic E-state index is 0.0618. The lowest BCUT2D eigenvalue weighted by molar-refractivity contribution is -0.151. The van der Waals surface area contributed by atoms with Crippen molar-refractivity contribution in [2.24, 2.45) is 46.3 Å². The van der Waals surface area contributed by atoms with Gasteiger partial charge in [-0.1, -0.05) is 137 Å². The highest BCUT2D eigenvalue weighted by Gasteiger charge is 2.59. The summed E-state index contributed by atoms with van der Waals surface area (Å²) >= 11 is 0. The first kappa shape index (κ1) is 35.1. The van der Waals surface area contributed by atoms with Crippen LogP contribution in [0.3, 0.4) is 0 Å². The van der Waals surface area contributed by atoms with E-state index in [1.165, 1.54) is 122 Å². The molecule has 0 aromatic carbocycles. The maximum atomic E-state index is 12.7. The van der Waals surface area contributed by atoms with Crippen molar-refractivity contribution >= 4 is 5.97 Å². The third-order valence-corrected chi connectivity index (χ3v) is 13.5. The molecule has 0 bridgehead atoms. The van der Waals surface area contributed by atoms with Crippen LogP contribution in [-0.2, 0) is 9.53 Å². The van der Waals surface area contributed by atoms with Gasteiger partial charge in [-0.3, -0.25) is 4.79 Å². The van der Waals surface area contributed by atoms with Crippen molar-refractivity contribution in [3.63, 3.8) is 0 Å². The number of allylic oxidation sites excluding steroid dienone is 1. The lowest BCUT2D eigenvalue weighted by atomic mass is 9.47. The van der Waals surface area contributed by atoms with Gasteiger partial charge in [0.25, 0.3) is 0 Å². The van der Waals surface area contributed by atoms with E-state index in [0.29, 0.717) is 17.3 Å². The summed E-state index contributed by atoms with van der Waals surface area (Å²) in [5.41, 5.74) is 2.54. The van der Waals surface area contributed by atoms with Crippen molar-refractivity contribution < 1.29 is 9.53 Å². The molecule has 2 heteroatoms. The monoisotopic (exact) mass is 597 g/mol. The Hall–Kier alpha value is -0.790. The first-order chi connectivity index (χ1) is 20.7. The van der Waals surface area contributed by atoms with E-state index in [1.807, 2.05) is 0 Å². The van der Waals surface area contributed by atoms with Crippen molar-refractivity contribution in [3.05, 3.63) is 11.6 Å². The maximum Gasteiger partial charge on any atom is 0.306 e. The van der Waals surface area contributed by atoms with Gasteiger partial charge in [-0.05, 0) is 97.7 Å². The van der Waals surface area contributed by atoms with Crippen LogP contribution in [0.25, 0.3) is 0 Å². The van der Waals surface area contributed by atoms with E-state index in [1.54, 1.807) is 5.57 Å². The SMILES string of the molecule is CCCCCCCCCCCCCC(=O)O[C@H]1CC[C@@]2(C)C(=CC[C@H]3[C@H]4CC[C@H]([C@H](C)CCCC(C)C)[C@@]4(C)CC[C@@H]32)C1. The molecule has 248 valence electrons. The van der Waals surface area contributed by atoms with Gasteiger partial charge in [0.1, 0.15) is 6.10 Å². The molecule has 4 aliphatic rings. The van der Waals surface area contributed by atoms with Gasteiger partial charge < -0.3 is 4.74 Å². The Bertz CT molecular complexity index is 873. The Morgan fingerprint density at radius 1 is 0.814 bits per heavy atom. The minimum absolute atomic E-state index is 0.0618. The Morgan fingerprint density at radius 3 is 2.16 bits per heavy atom. The smallest absolute Gasteiger partial charge is 0.306 e. The van der Waals surface area contributed by atoms with Crippen molar-refractivity contribution in [2.45, 2.75) is 195 Å². The zero-order valence-electron chi connectivity index (χ0n) is 29.7. The molecule has 4 aliphatic carbocycles. The van der Waals surface area contributed by atoms with Crippen molar-refractivity contribution in [1.82, 2.24) is 0 Å². The van der Waals surface area contributed by atoms with Gasteiger partial charge in [-0.15, -0.1) is 0 Å². The zero-order valence-corrected chi connectivity index (χ0v) is 29.7. The van der Waals surface area contributed by atoms with E-state index in [0.717, 1.165) is 54.8 Å². The third-order valence-electron chi connectivity index (χ3n) is 13.5. The molecule has 0 aromatic heterocycles. The summed E-state index contributed by atoms with van der Waals surface area (Å²) in [6.07, 6.45) is 32.5. The van der Waals surface area contributed by atoms with Gasteiger partial charge in [0.2, 0.25) is 0 Å². The number of ether oxygens (including phenoxy) is 1. The van der Waals surface area contributed by atoms with Gasteiger partial charge in [0, 0.05) is 12.8 Å². The average Bonchev–Trinajstić information content (AvgIpc) is 3.33. The first-order valence-electron chi connectivity index (χ1n) is 19.6. The quantitative estimate of drug-likeness (QED) is 0.0893. The van der Waals surface area contributed by atoms with Crippen LogP contribution in [-0.4, -0.2) is 12.1 Å². The van der Waals surface area contributed by atoms with Crippen LogP contribution in [0.5, 0.6) is 0 Å². The van der Waals surface area contributed by atoms with Crippen LogP contribution in [0, 0.1) is 46.3 Å². The van der Waals surface area contributed by atoms with E-state index in [4.69, 9.17) is 4.74 Å². The number of hydrogen-bond donors (Lipinski definition) is 0. The molecule has 3 saturated carbocycles. The first-order valence-corrected chi connectivity index (χ1v) is 19.6. The van der Waals surface area contributed by atoms with E-state index >= 15 is 0 Å². The van der Waals surface area contributed by atoms with E-state index in [9.17, 15) is 4.79 Å². The standard InChI is InChI=1S/C41H72O2/c1-7-8-9-10-11-12-13-14-15-16-17-21-39(42)43-34-26-28-40(5)33(30-34)22-23-35-37-25-24-36(32(4)20-18-19-31(2)3)41(37,6)29-27-38(35)40/h22,31-32,34-38H,7-21,23-30H2,1-6H3/t32-,34+,35+,36-,37-,38+,40+,41-/m1/s1. The zero-order chi connectivity index (χ0) is 30.9. The summed E-state index contributed by atoms with van der Waals surface area (Å²) in [6, 6.07) is 0. The predicted octanol–water partition coefficient (Wildman–Crippen LogP) is 12.6. The highest BCUT2D eigenvalue weighted by atomic mass is 16.5. The molecule has 4 rings (SSSR count). The molecule has 8 atom stereocenters. The maximum absolute atomic E-state index is 12.7. The van der Waals surface area contributed by atoms with Crippen LogP contribution in [0.4, 0.5) is 0 Å². The Morgan fingerprint density at radius 2 is 1.49 bits per heavy atom. The summed E-state index contributed by atoms with van der Waals surface area (Å²) < 4.78 is 6.11. The summed E-state index contributed by atoms with van der Waals surface area (Å²) in [7, 11) is 0. The molecule has 0 N–H and O–H groups in total. The fraction of sp³-hybridized carbons (Fsp3) is 0.927. The number of unbranched alkanes of at least 4 members (excludes halogenated alkanes) is 10. The molecule has 3 fully saturated rings. The van der Waals surface area contributed by atoms with Crippen LogP contribution in [0.15, 0.2) is 11.6 Å². The van der Waals surface area contributed by atoms with Crippen molar-refractivity contribution in [1.29, 1.82) is 0 Å². The number of fused-ring (bicyclic) bond motifs is 5. The number of rotatable bonds is 18. The Labute approximate surface area is 268 Å². The second kappa shape index (κ2) is 16.7. The van der Waals surface area contributed by atoms with E-state index < -0.39 is 0 Å². The molecule has 0 radical (unpaired) electrons. The minimum Gasteiger partial charge on any atom is -0.462 e. The Kier molecular flexibility index (Phi) is 13.6. The fourth-order valence-electron chi connectivity index (χ4n) is 10.9. The topological polar surface area (TPSA) is 26.3 Å². The normalized spacial score (nSPS) is 34.3. The van der Waals surface area contributed by atoms with Crippen LogP contribution in [0.2, 0.25) is 0 Å². The molecule has 0 aromatic rings. The number of esters is 1. The van der Waals surface area contributed by atoms with E-state index in [2.05, 4.69) is 47.6 Å². The molecule has 0 saturated heterocycles. The summed E-state index contributed by atoms with van der Waals surface area (Å²) in [6.45, 7) is 14.9. The second-order valence-electron chi connectivity index (χ2n) is 16.9. The van der Waals surface area contributed by atoms with Crippen LogP contribution >= 0.6 is 0 Å². The molecular weight excluding hydrogens is 524 g/mol. The summed E-state index contributed by atoms with van der Waals surface area (Å²) in [4.78, 5) is 12.7. The molecule has 0 spiro atoms. The van der Waals surface area contributed by atoms with Gasteiger partial charge in [0.05, 0.1) is 0 Å². The molecule has 0 heterocycles. The van der Waals surface area contributed by atoms with Crippen LogP contribution < -0.4 is 0 Å². The highest BCUT2D eigenvalue weighted by Crippen LogP contribution is 2.67. The molecule has 0 amide bonds. The van der Waals surface area contributed by atoms with E-state index in [-0.39, 0.29) is 12.1 Å². The fourth-order valence-corrected chi connectivity index (χ4v) is 10.9. The van der Waals surface area contributed by atoms with Gasteiger partial charge in [0.15, 0.2) is 0 Å². The van der Waals surface area contributed by atoms with Gasteiger partial charge in [-0.2, -0.15) is 0 Å². The largest absolute Gasteiger partial charge is 0.462 e. The lowest BCUT2D eigenvalue weighted by Gasteiger charge is -2.58. The van der Waals surface area contributed by atoms with Crippen molar-refractivity contribution in [3.8, 4) is 0 Å². The third kappa shape index (κ3) is 8.93. The number of carbonyl (C=O) groups is 1. The molecule has 43 heavy (non-hydrogen) atoms. The molecule has 2 nitrogen and oxygen atoms in total. The van der Waals surface area contributed by atoms with Gasteiger partial charge >= 0.3 is 5.97 Å². The molecular formula is C41H72O2. The Balaban J connectivity index is 1.19.